The number of anilines is 2. The Kier molecular flexibility index (Phi) is 6.15. The molecule has 1 aliphatic carbocycles. The van der Waals surface area contributed by atoms with Gasteiger partial charge in [-0.05, 0) is 49.9 Å². The Morgan fingerprint density at radius 3 is 2.84 bits per heavy atom. The molecule has 0 unspecified atom stereocenters. The summed E-state index contributed by atoms with van der Waals surface area (Å²) < 4.78 is 5.57. The van der Waals surface area contributed by atoms with E-state index in [-0.39, 0.29) is 18.7 Å². The van der Waals surface area contributed by atoms with Gasteiger partial charge in [0.05, 0.1) is 27.2 Å². The van der Waals surface area contributed by atoms with E-state index in [1.54, 1.807) is 25.1 Å². The molecule has 1 aliphatic rings. The standard InChI is InChI=1S/C21H19ClN4O4S/c1-2-30-19(27)11-12-6-7-15(16(10-12)26(28)29)24-20-13-4-3-5-14(13)23-21(25-20)17-8-9-18(22)31-17/h6-10H,2-5,11H2,1H3,(H,23,24,25). The highest BCUT2D eigenvalue weighted by Crippen LogP contribution is 2.36. The van der Waals surface area contributed by atoms with Crippen LogP contribution in [0.15, 0.2) is 30.3 Å². The molecule has 2 aromatic heterocycles. The monoisotopic (exact) mass is 458 g/mol. The van der Waals surface area contributed by atoms with Crippen LogP contribution in [0.1, 0.15) is 30.2 Å². The van der Waals surface area contributed by atoms with Crippen LogP contribution < -0.4 is 5.32 Å². The lowest BCUT2D eigenvalue weighted by Gasteiger charge is -2.13. The van der Waals surface area contributed by atoms with Crippen molar-refractivity contribution in [3.8, 4) is 10.7 Å². The van der Waals surface area contributed by atoms with E-state index >= 15 is 0 Å². The second-order valence-electron chi connectivity index (χ2n) is 6.99. The quantitative estimate of drug-likeness (QED) is 0.298. The number of nitrogens with zero attached hydrogens (tertiary/aromatic N) is 3. The predicted octanol–water partition coefficient (Wildman–Crippen LogP) is 5.10. The fourth-order valence-corrected chi connectivity index (χ4v) is 4.51. The lowest BCUT2D eigenvalue weighted by atomic mass is 10.1. The van der Waals surface area contributed by atoms with Crippen molar-refractivity contribution in [1.29, 1.82) is 0 Å². The van der Waals surface area contributed by atoms with Gasteiger partial charge in [0.25, 0.3) is 5.69 Å². The van der Waals surface area contributed by atoms with Crippen LogP contribution in [-0.4, -0.2) is 27.5 Å². The van der Waals surface area contributed by atoms with E-state index < -0.39 is 10.9 Å². The number of halogens is 1. The number of thiophene rings is 1. The maximum atomic E-state index is 11.7. The number of aryl methyl sites for hydroxylation is 1. The van der Waals surface area contributed by atoms with Crippen LogP contribution in [0.5, 0.6) is 0 Å². The molecular weight excluding hydrogens is 440 g/mol. The molecule has 1 aromatic carbocycles. The third-order valence-electron chi connectivity index (χ3n) is 4.89. The van der Waals surface area contributed by atoms with Crippen molar-refractivity contribution >= 4 is 46.1 Å². The third kappa shape index (κ3) is 4.67. The number of benzene rings is 1. The van der Waals surface area contributed by atoms with Crippen LogP contribution in [0.4, 0.5) is 17.2 Å². The Labute approximate surface area is 187 Å². The van der Waals surface area contributed by atoms with Crippen molar-refractivity contribution in [2.75, 3.05) is 11.9 Å². The number of esters is 1. The van der Waals surface area contributed by atoms with Crippen LogP contribution in [0.25, 0.3) is 10.7 Å². The lowest BCUT2D eigenvalue weighted by Crippen LogP contribution is -2.09. The molecule has 0 atom stereocenters. The molecule has 0 saturated carbocycles. The summed E-state index contributed by atoms with van der Waals surface area (Å²) in [5.41, 5.74) is 2.60. The highest BCUT2D eigenvalue weighted by Gasteiger charge is 2.23. The second kappa shape index (κ2) is 8.99. The van der Waals surface area contributed by atoms with Crippen molar-refractivity contribution in [1.82, 2.24) is 9.97 Å². The van der Waals surface area contributed by atoms with Gasteiger partial charge in [-0.15, -0.1) is 11.3 Å². The second-order valence-corrected chi connectivity index (χ2v) is 8.71. The SMILES string of the molecule is CCOC(=O)Cc1ccc(Nc2nc(-c3ccc(Cl)s3)nc3c2CCC3)c([N+](=O)[O-])c1. The van der Waals surface area contributed by atoms with Gasteiger partial charge in [0.1, 0.15) is 11.5 Å². The van der Waals surface area contributed by atoms with Crippen LogP contribution in [0.2, 0.25) is 4.34 Å². The number of fused-ring (bicyclic) bond motifs is 1. The van der Waals surface area contributed by atoms with Crippen LogP contribution in [0, 0.1) is 10.1 Å². The summed E-state index contributed by atoms with van der Waals surface area (Å²) in [4.78, 5) is 33.1. The zero-order valence-corrected chi connectivity index (χ0v) is 18.3. The van der Waals surface area contributed by atoms with Crippen molar-refractivity contribution in [2.24, 2.45) is 0 Å². The van der Waals surface area contributed by atoms with Gasteiger partial charge in [0.2, 0.25) is 0 Å². The molecule has 0 aliphatic heterocycles. The first-order valence-electron chi connectivity index (χ1n) is 9.80. The number of nitro benzene ring substituents is 1. The van der Waals surface area contributed by atoms with Crippen molar-refractivity contribution in [3.63, 3.8) is 0 Å². The Morgan fingerprint density at radius 1 is 1.29 bits per heavy atom. The molecular formula is C21H19ClN4O4S. The van der Waals surface area contributed by atoms with Crippen molar-refractivity contribution < 1.29 is 14.5 Å². The molecule has 0 amide bonds. The van der Waals surface area contributed by atoms with E-state index in [1.807, 2.05) is 6.07 Å². The Bertz CT molecular complexity index is 1160. The fourth-order valence-electron chi connectivity index (χ4n) is 3.53. The molecule has 8 nitrogen and oxygen atoms in total. The first-order valence-corrected chi connectivity index (χ1v) is 11.0. The maximum absolute atomic E-state index is 11.7. The first-order chi connectivity index (χ1) is 14.9. The number of hydrogen-bond donors (Lipinski definition) is 1. The van der Waals surface area contributed by atoms with Gasteiger partial charge >= 0.3 is 5.97 Å². The minimum atomic E-state index is -0.474. The minimum Gasteiger partial charge on any atom is -0.466 e. The third-order valence-corrected chi connectivity index (χ3v) is 6.12. The topological polar surface area (TPSA) is 107 Å². The fraction of sp³-hybridized carbons (Fsp3) is 0.286. The van der Waals surface area contributed by atoms with Crippen LogP contribution >= 0.6 is 22.9 Å². The highest BCUT2D eigenvalue weighted by molar-refractivity contribution is 7.19. The molecule has 0 radical (unpaired) electrons. The number of ether oxygens (including phenoxy) is 1. The summed E-state index contributed by atoms with van der Waals surface area (Å²) in [5.74, 6) is 0.676. The van der Waals surface area contributed by atoms with Gasteiger partial charge in [0, 0.05) is 17.3 Å². The van der Waals surface area contributed by atoms with E-state index in [0.717, 1.165) is 35.4 Å². The van der Waals surface area contributed by atoms with E-state index in [9.17, 15) is 14.9 Å². The zero-order valence-electron chi connectivity index (χ0n) is 16.7. The lowest BCUT2D eigenvalue weighted by molar-refractivity contribution is -0.384. The Hall–Kier alpha value is -3.04. The Balaban J connectivity index is 1.69. The maximum Gasteiger partial charge on any atom is 0.310 e. The summed E-state index contributed by atoms with van der Waals surface area (Å²) in [5, 5.41) is 14.8. The molecule has 2 heterocycles. The zero-order chi connectivity index (χ0) is 22.0. The van der Waals surface area contributed by atoms with E-state index in [4.69, 9.17) is 16.3 Å². The normalized spacial score (nSPS) is 12.5. The summed E-state index contributed by atoms with van der Waals surface area (Å²) >= 11 is 7.44. The van der Waals surface area contributed by atoms with Gasteiger partial charge in [-0.25, -0.2) is 9.97 Å². The van der Waals surface area contributed by atoms with Crippen molar-refractivity contribution in [3.05, 3.63) is 61.6 Å². The summed E-state index contributed by atoms with van der Waals surface area (Å²) in [6, 6.07) is 8.31. The summed E-state index contributed by atoms with van der Waals surface area (Å²) in [6.07, 6.45) is 2.56. The molecule has 31 heavy (non-hydrogen) atoms. The Morgan fingerprint density at radius 2 is 2.13 bits per heavy atom. The number of rotatable bonds is 7. The predicted molar refractivity (Wildman–Crippen MR) is 119 cm³/mol. The molecule has 10 heteroatoms. The average molecular weight is 459 g/mol. The molecule has 160 valence electrons. The molecule has 0 spiro atoms. The number of hydrogen-bond acceptors (Lipinski definition) is 8. The van der Waals surface area contributed by atoms with Crippen LogP contribution in [0.3, 0.4) is 0 Å². The molecule has 0 bridgehead atoms. The number of nitro groups is 1. The highest BCUT2D eigenvalue weighted by atomic mass is 35.5. The van der Waals surface area contributed by atoms with Gasteiger partial charge in [-0.3, -0.25) is 14.9 Å². The summed E-state index contributed by atoms with van der Waals surface area (Å²) in [6.45, 7) is 1.98. The molecule has 3 aromatic rings. The first kappa shape index (κ1) is 21.2. The smallest absolute Gasteiger partial charge is 0.310 e. The molecule has 0 saturated heterocycles. The number of carbonyl (C=O) groups excluding carboxylic acids is 1. The van der Waals surface area contributed by atoms with Gasteiger partial charge < -0.3 is 10.1 Å². The van der Waals surface area contributed by atoms with E-state index in [2.05, 4.69) is 15.3 Å². The number of nitrogens with one attached hydrogen (secondary N) is 1. The number of aromatic nitrogens is 2. The largest absolute Gasteiger partial charge is 0.466 e. The number of carbonyl (C=O) groups is 1. The van der Waals surface area contributed by atoms with Crippen molar-refractivity contribution in [2.45, 2.75) is 32.6 Å². The van der Waals surface area contributed by atoms with E-state index in [1.165, 1.54) is 17.4 Å². The minimum absolute atomic E-state index is 0.0266. The van der Waals surface area contributed by atoms with E-state index in [0.29, 0.717) is 27.2 Å². The summed E-state index contributed by atoms with van der Waals surface area (Å²) in [7, 11) is 0. The molecule has 1 N–H and O–H groups in total. The van der Waals surface area contributed by atoms with Crippen LogP contribution in [-0.2, 0) is 28.8 Å². The van der Waals surface area contributed by atoms with Gasteiger partial charge in [-0.1, -0.05) is 17.7 Å². The molecule has 4 rings (SSSR count). The average Bonchev–Trinajstić information content (AvgIpc) is 3.38. The van der Waals surface area contributed by atoms with Gasteiger partial charge in [0.15, 0.2) is 5.82 Å². The molecule has 0 fully saturated rings. The van der Waals surface area contributed by atoms with Gasteiger partial charge in [-0.2, -0.15) is 0 Å².